The van der Waals surface area contributed by atoms with Gasteiger partial charge in [-0.1, -0.05) is 41.8 Å². The molecule has 1 amide bonds. The second kappa shape index (κ2) is 8.41. The van der Waals surface area contributed by atoms with Crippen molar-refractivity contribution in [3.05, 3.63) is 30.1 Å². The number of carbonyl (C=O) groups is 1. The molecule has 0 aliphatic heterocycles. The zero-order valence-electron chi connectivity index (χ0n) is 12.9. The van der Waals surface area contributed by atoms with Crippen LogP contribution in [0.2, 0.25) is 0 Å². The normalized spacial score (nSPS) is 10.8. The molecule has 0 aliphatic rings. The van der Waals surface area contributed by atoms with Crippen molar-refractivity contribution in [3.63, 3.8) is 0 Å². The number of amides is 1. The van der Waals surface area contributed by atoms with Crippen LogP contribution in [0.25, 0.3) is 11.5 Å². The number of benzene rings is 1. The number of thioether (sulfide) groups is 2. The van der Waals surface area contributed by atoms with Crippen LogP contribution in [0.15, 0.2) is 38.2 Å². The van der Waals surface area contributed by atoms with Gasteiger partial charge in [0.15, 0.2) is 4.34 Å². The van der Waals surface area contributed by atoms with Crippen molar-refractivity contribution in [2.45, 2.75) is 16.5 Å². The summed E-state index contributed by atoms with van der Waals surface area (Å²) in [5.74, 6) is 0.683. The van der Waals surface area contributed by atoms with Gasteiger partial charge in [-0.2, -0.15) is 0 Å². The molecule has 0 saturated heterocycles. The highest BCUT2D eigenvalue weighted by atomic mass is 32.2. The van der Waals surface area contributed by atoms with Gasteiger partial charge in [0.1, 0.15) is 5.82 Å². The van der Waals surface area contributed by atoms with Crippen molar-refractivity contribution >= 4 is 45.9 Å². The minimum atomic E-state index is -0.341. The SMILES string of the molecule is CCSc1nnc(NC(=O)CSc2nnc(-c3ccc(F)cc3)o2)s1. The Balaban J connectivity index is 1.52. The van der Waals surface area contributed by atoms with Crippen molar-refractivity contribution in [2.24, 2.45) is 0 Å². The first-order chi connectivity index (χ1) is 12.1. The van der Waals surface area contributed by atoms with Crippen LogP contribution in [0, 0.1) is 5.82 Å². The van der Waals surface area contributed by atoms with Crippen LogP contribution in [0.4, 0.5) is 9.52 Å². The lowest BCUT2D eigenvalue weighted by Gasteiger charge is -1.98. The quantitative estimate of drug-likeness (QED) is 0.478. The molecule has 3 rings (SSSR count). The first kappa shape index (κ1) is 17.8. The standard InChI is InChI=1S/C14H12FN5O2S3/c1-2-23-14-20-18-12(25-14)16-10(21)7-24-13-19-17-11(22-13)8-3-5-9(15)6-4-8/h3-6H,2,7H2,1H3,(H,16,18,21). The molecular formula is C14H12FN5O2S3. The largest absolute Gasteiger partial charge is 0.411 e. The summed E-state index contributed by atoms with van der Waals surface area (Å²) < 4.78 is 19.2. The Hall–Kier alpha value is -1.98. The van der Waals surface area contributed by atoms with E-state index in [1.54, 1.807) is 23.9 Å². The third-order valence-electron chi connectivity index (χ3n) is 2.74. The van der Waals surface area contributed by atoms with E-state index in [0.29, 0.717) is 10.7 Å². The van der Waals surface area contributed by atoms with Crippen molar-refractivity contribution in [3.8, 4) is 11.5 Å². The first-order valence-corrected chi connectivity index (χ1v) is 9.91. The zero-order valence-corrected chi connectivity index (χ0v) is 15.4. The molecule has 2 aromatic heterocycles. The van der Waals surface area contributed by atoms with E-state index in [0.717, 1.165) is 21.9 Å². The van der Waals surface area contributed by atoms with E-state index in [1.165, 1.54) is 23.5 Å². The Bertz CT molecular complexity index is 852. The summed E-state index contributed by atoms with van der Waals surface area (Å²) in [5, 5.41) is 19.0. The molecule has 0 spiro atoms. The zero-order chi connectivity index (χ0) is 17.6. The van der Waals surface area contributed by atoms with Crippen LogP contribution in [-0.4, -0.2) is 37.8 Å². The fraction of sp³-hybridized carbons (Fsp3) is 0.214. The molecule has 0 radical (unpaired) electrons. The second-order valence-electron chi connectivity index (χ2n) is 4.52. The van der Waals surface area contributed by atoms with E-state index in [1.807, 2.05) is 6.92 Å². The van der Waals surface area contributed by atoms with E-state index in [2.05, 4.69) is 25.7 Å². The van der Waals surface area contributed by atoms with Crippen molar-refractivity contribution in [1.29, 1.82) is 0 Å². The summed E-state index contributed by atoms with van der Waals surface area (Å²) in [5.41, 5.74) is 0.611. The average molecular weight is 397 g/mol. The highest BCUT2D eigenvalue weighted by Crippen LogP contribution is 2.26. The predicted molar refractivity (Wildman–Crippen MR) is 95.4 cm³/mol. The maximum atomic E-state index is 12.9. The summed E-state index contributed by atoms with van der Waals surface area (Å²) in [6.07, 6.45) is 0. The number of carbonyl (C=O) groups excluding carboxylic acids is 1. The molecule has 1 N–H and O–H groups in total. The van der Waals surface area contributed by atoms with Gasteiger partial charge < -0.3 is 4.42 Å². The first-order valence-electron chi connectivity index (χ1n) is 7.12. The smallest absolute Gasteiger partial charge is 0.277 e. The number of hydrogen-bond donors (Lipinski definition) is 1. The molecule has 0 bridgehead atoms. The molecule has 11 heteroatoms. The van der Waals surface area contributed by atoms with Crippen LogP contribution >= 0.6 is 34.9 Å². The second-order valence-corrected chi connectivity index (χ2v) is 7.94. The number of nitrogens with one attached hydrogen (secondary N) is 1. The minimum Gasteiger partial charge on any atom is -0.411 e. The topological polar surface area (TPSA) is 93.8 Å². The van der Waals surface area contributed by atoms with Crippen molar-refractivity contribution < 1.29 is 13.6 Å². The summed E-state index contributed by atoms with van der Waals surface area (Å²) in [4.78, 5) is 11.9. The van der Waals surface area contributed by atoms with E-state index in [-0.39, 0.29) is 28.6 Å². The number of anilines is 1. The summed E-state index contributed by atoms with van der Waals surface area (Å²) >= 11 is 4.00. The number of rotatable bonds is 7. The van der Waals surface area contributed by atoms with Gasteiger partial charge in [-0.3, -0.25) is 10.1 Å². The maximum absolute atomic E-state index is 12.9. The molecule has 130 valence electrons. The summed E-state index contributed by atoms with van der Waals surface area (Å²) in [6, 6.07) is 5.72. The molecule has 2 heterocycles. The van der Waals surface area contributed by atoms with Crippen LogP contribution in [-0.2, 0) is 4.79 Å². The Morgan fingerprint density at radius 2 is 2.00 bits per heavy atom. The van der Waals surface area contributed by atoms with E-state index < -0.39 is 0 Å². The number of hydrogen-bond acceptors (Lipinski definition) is 9. The van der Waals surface area contributed by atoms with Gasteiger partial charge in [0.25, 0.3) is 5.22 Å². The Morgan fingerprint density at radius 3 is 2.76 bits per heavy atom. The fourth-order valence-corrected chi connectivity index (χ4v) is 3.93. The fourth-order valence-electron chi connectivity index (χ4n) is 1.70. The van der Waals surface area contributed by atoms with E-state index in [4.69, 9.17) is 4.42 Å². The van der Waals surface area contributed by atoms with Gasteiger partial charge >= 0.3 is 0 Å². The third kappa shape index (κ3) is 5.00. The van der Waals surface area contributed by atoms with Crippen LogP contribution in [0.1, 0.15) is 6.92 Å². The molecular weight excluding hydrogens is 385 g/mol. The van der Waals surface area contributed by atoms with Crippen LogP contribution in [0.5, 0.6) is 0 Å². The van der Waals surface area contributed by atoms with Crippen LogP contribution in [0.3, 0.4) is 0 Å². The lowest BCUT2D eigenvalue weighted by atomic mass is 10.2. The van der Waals surface area contributed by atoms with Gasteiger partial charge in [0.2, 0.25) is 16.9 Å². The lowest BCUT2D eigenvalue weighted by Crippen LogP contribution is -2.13. The van der Waals surface area contributed by atoms with Gasteiger partial charge in [0.05, 0.1) is 5.75 Å². The van der Waals surface area contributed by atoms with Crippen molar-refractivity contribution in [1.82, 2.24) is 20.4 Å². The molecule has 1 aromatic carbocycles. The highest BCUT2D eigenvalue weighted by molar-refractivity contribution is 8.01. The minimum absolute atomic E-state index is 0.0981. The monoisotopic (exact) mass is 397 g/mol. The third-order valence-corrected chi connectivity index (χ3v) is 5.42. The summed E-state index contributed by atoms with van der Waals surface area (Å²) in [6.45, 7) is 2.02. The number of aromatic nitrogens is 4. The predicted octanol–water partition coefficient (Wildman–Crippen LogP) is 3.57. The molecule has 0 aliphatic carbocycles. The number of halogens is 1. The van der Waals surface area contributed by atoms with Gasteiger partial charge in [-0.15, -0.1) is 20.4 Å². The van der Waals surface area contributed by atoms with Crippen LogP contribution < -0.4 is 5.32 Å². The molecule has 3 aromatic rings. The molecule has 0 saturated carbocycles. The van der Waals surface area contributed by atoms with E-state index in [9.17, 15) is 9.18 Å². The molecule has 7 nitrogen and oxygen atoms in total. The Morgan fingerprint density at radius 1 is 1.20 bits per heavy atom. The number of nitrogens with zero attached hydrogens (tertiary/aromatic N) is 4. The van der Waals surface area contributed by atoms with E-state index >= 15 is 0 Å². The van der Waals surface area contributed by atoms with Gasteiger partial charge in [0, 0.05) is 5.56 Å². The molecule has 0 fully saturated rings. The summed E-state index contributed by atoms with van der Waals surface area (Å²) in [7, 11) is 0. The highest BCUT2D eigenvalue weighted by Gasteiger charge is 2.13. The lowest BCUT2D eigenvalue weighted by molar-refractivity contribution is -0.113. The van der Waals surface area contributed by atoms with Gasteiger partial charge in [-0.25, -0.2) is 4.39 Å². The Kier molecular flexibility index (Phi) is 6.00. The average Bonchev–Trinajstić information content (AvgIpc) is 3.24. The molecule has 25 heavy (non-hydrogen) atoms. The Labute approximate surface area is 154 Å². The maximum Gasteiger partial charge on any atom is 0.277 e. The van der Waals surface area contributed by atoms with Crippen molar-refractivity contribution in [2.75, 3.05) is 16.8 Å². The van der Waals surface area contributed by atoms with Gasteiger partial charge in [-0.05, 0) is 30.0 Å². The molecule has 0 atom stereocenters. The molecule has 0 unspecified atom stereocenters.